The molecule has 17 heavy (non-hydrogen) atoms. The van der Waals surface area contributed by atoms with Gasteiger partial charge in [-0.3, -0.25) is 4.89 Å². The highest BCUT2D eigenvalue weighted by Gasteiger charge is 2.06. The van der Waals surface area contributed by atoms with Gasteiger partial charge in [0.15, 0.2) is 0 Å². The van der Waals surface area contributed by atoms with Crippen molar-refractivity contribution in [1.82, 2.24) is 0 Å². The lowest BCUT2D eigenvalue weighted by atomic mass is 10.0. The van der Waals surface area contributed by atoms with Gasteiger partial charge in [0.25, 0.3) is 0 Å². The molecule has 1 rings (SSSR count). The number of carbonyl (C=O) groups excluding carboxylic acids is 1. The van der Waals surface area contributed by atoms with E-state index in [0.29, 0.717) is 18.1 Å². The molecule has 0 radical (unpaired) electrons. The van der Waals surface area contributed by atoms with Crippen molar-refractivity contribution in [2.24, 2.45) is 5.92 Å². The first-order chi connectivity index (χ1) is 8.24. The van der Waals surface area contributed by atoms with Gasteiger partial charge in [-0.2, -0.15) is 4.89 Å². The summed E-state index contributed by atoms with van der Waals surface area (Å²) in [6, 6.07) is 8.83. The van der Waals surface area contributed by atoms with Gasteiger partial charge in [0.05, 0.1) is 12.2 Å². The fourth-order valence-corrected chi connectivity index (χ4v) is 1.41. The molecule has 0 fully saturated rings. The number of hydrogen-bond donors (Lipinski definition) is 0. The largest absolute Gasteiger partial charge is 0.373 e. The van der Waals surface area contributed by atoms with Crippen LogP contribution in [0.25, 0.3) is 0 Å². The van der Waals surface area contributed by atoms with Crippen LogP contribution in [0, 0.1) is 5.92 Å². The summed E-state index contributed by atoms with van der Waals surface area (Å²) in [6.45, 7) is 4.83. The standard InChI is InChI=1S/C14H20O3/c1-3-12(2)8-7-11-16-17-14(15)13-9-5-4-6-10-13/h4-6,9-10,12H,3,7-8,11H2,1-2H3. The molecule has 1 aromatic carbocycles. The lowest BCUT2D eigenvalue weighted by molar-refractivity contribution is -0.241. The Morgan fingerprint density at radius 1 is 1.29 bits per heavy atom. The van der Waals surface area contributed by atoms with Gasteiger partial charge in [-0.15, -0.1) is 0 Å². The zero-order valence-corrected chi connectivity index (χ0v) is 10.5. The minimum Gasteiger partial charge on any atom is -0.293 e. The molecule has 1 atom stereocenters. The molecule has 94 valence electrons. The maximum absolute atomic E-state index is 11.5. The molecule has 1 aromatic rings. The Kier molecular flexibility index (Phi) is 6.33. The highest BCUT2D eigenvalue weighted by molar-refractivity contribution is 5.88. The summed E-state index contributed by atoms with van der Waals surface area (Å²) in [5, 5.41) is 0. The minimum absolute atomic E-state index is 0.436. The molecule has 0 aliphatic carbocycles. The smallest absolute Gasteiger partial charge is 0.293 e. The Morgan fingerprint density at radius 3 is 2.65 bits per heavy atom. The van der Waals surface area contributed by atoms with E-state index >= 15 is 0 Å². The minimum atomic E-state index is -0.436. The van der Waals surface area contributed by atoms with Crippen molar-refractivity contribution in [3.05, 3.63) is 35.9 Å². The van der Waals surface area contributed by atoms with E-state index in [-0.39, 0.29) is 0 Å². The zero-order valence-electron chi connectivity index (χ0n) is 10.5. The summed E-state index contributed by atoms with van der Waals surface area (Å²) in [6.07, 6.45) is 3.18. The summed E-state index contributed by atoms with van der Waals surface area (Å²) < 4.78 is 0. The van der Waals surface area contributed by atoms with Crippen molar-refractivity contribution in [1.29, 1.82) is 0 Å². The topological polar surface area (TPSA) is 35.5 Å². The average molecular weight is 236 g/mol. The van der Waals surface area contributed by atoms with Gasteiger partial charge in [0, 0.05) is 0 Å². The van der Waals surface area contributed by atoms with Crippen LogP contribution < -0.4 is 0 Å². The fourth-order valence-electron chi connectivity index (χ4n) is 1.41. The number of rotatable bonds is 7. The van der Waals surface area contributed by atoms with Crippen molar-refractivity contribution < 1.29 is 14.6 Å². The van der Waals surface area contributed by atoms with Crippen LogP contribution in [0.3, 0.4) is 0 Å². The SMILES string of the molecule is CCC(C)CCCOOC(=O)c1ccccc1. The average Bonchev–Trinajstić information content (AvgIpc) is 2.38. The third-order valence-corrected chi connectivity index (χ3v) is 2.77. The molecule has 0 amide bonds. The van der Waals surface area contributed by atoms with Gasteiger partial charge in [-0.25, -0.2) is 4.79 Å². The Bertz CT molecular complexity index is 321. The van der Waals surface area contributed by atoms with Crippen LogP contribution in [-0.4, -0.2) is 12.6 Å². The third kappa shape index (κ3) is 5.50. The first kappa shape index (κ1) is 13.7. The molecule has 0 spiro atoms. The van der Waals surface area contributed by atoms with E-state index in [9.17, 15) is 4.79 Å². The van der Waals surface area contributed by atoms with Crippen molar-refractivity contribution >= 4 is 5.97 Å². The zero-order chi connectivity index (χ0) is 12.5. The van der Waals surface area contributed by atoms with E-state index in [0.717, 1.165) is 12.8 Å². The molecule has 3 nitrogen and oxygen atoms in total. The van der Waals surface area contributed by atoms with Crippen LogP contribution in [0.1, 0.15) is 43.5 Å². The predicted molar refractivity (Wildman–Crippen MR) is 66.5 cm³/mol. The first-order valence-electron chi connectivity index (χ1n) is 6.13. The first-order valence-corrected chi connectivity index (χ1v) is 6.13. The molecule has 0 aliphatic rings. The third-order valence-electron chi connectivity index (χ3n) is 2.77. The summed E-state index contributed by atoms with van der Waals surface area (Å²) >= 11 is 0. The molecule has 0 saturated heterocycles. The van der Waals surface area contributed by atoms with Gasteiger partial charge in [0.2, 0.25) is 0 Å². The van der Waals surface area contributed by atoms with Crippen molar-refractivity contribution in [2.45, 2.75) is 33.1 Å². The van der Waals surface area contributed by atoms with Gasteiger partial charge in [0.1, 0.15) is 0 Å². The molecule has 3 heteroatoms. The van der Waals surface area contributed by atoms with Crippen molar-refractivity contribution in [2.75, 3.05) is 6.61 Å². The number of hydrogen-bond acceptors (Lipinski definition) is 3. The van der Waals surface area contributed by atoms with Crippen LogP contribution in [0.4, 0.5) is 0 Å². The molecular formula is C14H20O3. The van der Waals surface area contributed by atoms with E-state index in [1.807, 2.05) is 6.07 Å². The molecule has 0 bridgehead atoms. The monoisotopic (exact) mass is 236 g/mol. The summed E-state index contributed by atoms with van der Waals surface area (Å²) in [4.78, 5) is 21.1. The summed E-state index contributed by atoms with van der Waals surface area (Å²) in [5.74, 6) is 0.262. The quantitative estimate of drug-likeness (QED) is 0.412. The highest BCUT2D eigenvalue weighted by atomic mass is 17.2. The molecule has 0 heterocycles. The second-order valence-corrected chi connectivity index (χ2v) is 4.21. The molecule has 0 aromatic heterocycles. The second-order valence-electron chi connectivity index (χ2n) is 4.21. The molecule has 1 unspecified atom stereocenters. The Labute approximate surface area is 103 Å². The predicted octanol–water partition coefficient (Wildman–Crippen LogP) is 3.60. The van der Waals surface area contributed by atoms with E-state index in [1.54, 1.807) is 24.3 Å². The molecule has 0 N–H and O–H groups in total. The maximum atomic E-state index is 11.5. The summed E-state index contributed by atoms with van der Waals surface area (Å²) in [7, 11) is 0. The Hall–Kier alpha value is -1.35. The molecule has 0 saturated carbocycles. The lowest BCUT2D eigenvalue weighted by Gasteiger charge is -2.07. The van der Waals surface area contributed by atoms with E-state index in [4.69, 9.17) is 9.78 Å². The van der Waals surface area contributed by atoms with Crippen LogP contribution in [0.15, 0.2) is 30.3 Å². The van der Waals surface area contributed by atoms with Crippen LogP contribution in [-0.2, 0) is 9.78 Å². The van der Waals surface area contributed by atoms with Crippen molar-refractivity contribution in [3.8, 4) is 0 Å². The number of benzene rings is 1. The normalized spacial score (nSPS) is 12.1. The van der Waals surface area contributed by atoms with Gasteiger partial charge in [-0.05, 0) is 30.9 Å². The van der Waals surface area contributed by atoms with Crippen LogP contribution in [0.5, 0.6) is 0 Å². The lowest BCUT2D eigenvalue weighted by Crippen LogP contribution is -2.07. The summed E-state index contributed by atoms with van der Waals surface area (Å²) in [5.41, 5.74) is 0.509. The van der Waals surface area contributed by atoms with Gasteiger partial charge in [-0.1, -0.05) is 38.5 Å². The highest BCUT2D eigenvalue weighted by Crippen LogP contribution is 2.09. The Balaban J connectivity index is 2.13. The molecular weight excluding hydrogens is 216 g/mol. The van der Waals surface area contributed by atoms with Gasteiger partial charge >= 0.3 is 5.97 Å². The van der Waals surface area contributed by atoms with Crippen molar-refractivity contribution in [3.63, 3.8) is 0 Å². The maximum Gasteiger partial charge on any atom is 0.373 e. The van der Waals surface area contributed by atoms with Crippen LogP contribution >= 0.6 is 0 Å². The van der Waals surface area contributed by atoms with Gasteiger partial charge < -0.3 is 0 Å². The van der Waals surface area contributed by atoms with E-state index in [1.165, 1.54) is 6.42 Å². The van der Waals surface area contributed by atoms with E-state index < -0.39 is 5.97 Å². The Morgan fingerprint density at radius 2 is 2.00 bits per heavy atom. The fraction of sp³-hybridized carbons (Fsp3) is 0.500. The second kappa shape index (κ2) is 7.85. The molecule has 0 aliphatic heterocycles. The van der Waals surface area contributed by atoms with E-state index in [2.05, 4.69) is 13.8 Å². The number of carbonyl (C=O) groups is 1. The van der Waals surface area contributed by atoms with Crippen LogP contribution in [0.2, 0.25) is 0 Å².